The molecule has 42 heavy (non-hydrogen) atoms. The number of aliphatic hydroxyl groups excluding tert-OH is 3. The van der Waals surface area contributed by atoms with Crippen LogP contribution in [0.4, 0.5) is 18.9 Å². The minimum absolute atomic E-state index is 0.0336. The molecule has 1 amide bonds. The molecule has 7 atom stereocenters. The van der Waals surface area contributed by atoms with Crippen molar-refractivity contribution >= 4 is 34.8 Å². The summed E-state index contributed by atoms with van der Waals surface area (Å²) in [6.45, 7) is -0.797. The molecule has 0 saturated carbocycles. The molecule has 1 aromatic heterocycles. The van der Waals surface area contributed by atoms with Crippen molar-refractivity contribution in [2.24, 2.45) is 0 Å². The largest absolute Gasteiger partial charge is 0.394 e. The van der Waals surface area contributed by atoms with Gasteiger partial charge in [0, 0.05) is 28.4 Å². The van der Waals surface area contributed by atoms with Gasteiger partial charge in [-0.15, -0.1) is 5.10 Å². The SMILES string of the molecule is CO[C@@H]1[C@@H](n2cc(-c3cc(F)c(F)c(F)c3)nn2)[C@@H](O)[C@@H](CO)O[C@H]1C(=O)N(c1cc(Cl)cc(Cl)c1)[C@@H]1COC[C@H]1O. The fourth-order valence-corrected chi connectivity index (χ4v) is 5.71. The highest BCUT2D eigenvalue weighted by atomic mass is 35.5. The Hall–Kier alpha value is -2.82. The van der Waals surface area contributed by atoms with Crippen LogP contribution in [0.3, 0.4) is 0 Å². The van der Waals surface area contributed by atoms with Gasteiger partial charge in [-0.2, -0.15) is 0 Å². The lowest BCUT2D eigenvalue weighted by Gasteiger charge is -2.45. The lowest BCUT2D eigenvalue weighted by molar-refractivity contribution is -0.211. The molecule has 3 aromatic rings. The second-order valence-electron chi connectivity index (χ2n) is 9.80. The van der Waals surface area contributed by atoms with Crippen molar-refractivity contribution in [3.05, 3.63) is 64.0 Å². The molecule has 0 unspecified atom stereocenters. The van der Waals surface area contributed by atoms with Crippen LogP contribution < -0.4 is 4.90 Å². The number of benzene rings is 2. The Morgan fingerprint density at radius 1 is 1.12 bits per heavy atom. The molecule has 2 saturated heterocycles. The number of aliphatic hydroxyl groups is 3. The first-order valence-corrected chi connectivity index (χ1v) is 13.4. The van der Waals surface area contributed by atoms with Gasteiger partial charge in [-0.25, -0.2) is 17.9 Å². The first-order valence-electron chi connectivity index (χ1n) is 12.6. The summed E-state index contributed by atoms with van der Waals surface area (Å²) in [5, 5.41) is 40.0. The van der Waals surface area contributed by atoms with Gasteiger partial charge in [-0.1, -0.05) is 28.4 Å². The maximum atomic E-state index is 14.2. The summed E-state index contributed by atoms with van der Waals surface area (Å²) in [7, 11) is 1.25. The van der Waals surface area contributed by atoms with Gasteiger partial charge in [-0.05, 0) is 30.3 Å². The standard InChI is InChI=1S/C26H25Cl2F3N4O7/c1-40-24-22(34-7-17(32-33-34)11-2-15(29)21(31)16(30)3-11)23(38)20(8-36)42-25(24)26(39)35(18-9-41-10-19(18)37)14-5-12(27)4-13(28)6-14/h2-7,18-20,22-25,36-38H,8-10H2,1H3/t18-,19-,20-,22+,23+,24-,25-/m1/s1. The van der Waals surface area contributed by atoms with E-state index in [-0.39, 0.29) is 40.2 Å². The van der Waals surface area contributed by atoms with Crippen molar-refractivity contribution in [3.8, 4) is 11.3 Å². The normalized spacial score (nSPS) is 27.8. The zero-order valence-corrected chi connectivity index (χ0v) is 23.3. The van der Waals surface area contributed by atoms with Gasteiger partial charge in [0.05, 0.1) is 32.1 Å². The number of aromatic nitrogens is 3. The molecular formula is C26H25Cl2F3N4O7. The number of halogens is 5. The van der Waals surface area contributed by atoms with Crippen LogP contribution >= 0.6 is 23.2 Å². The molecule has 2 aromatic carbocycles. The van der Waals surface area contributed by atoms with E-state index in [4.69, 9.17) is 37.4 Å². The Balaban J connectivity index is 1.54. The van der Waals surface area contributed by atoms with Gasteiger partial charge < -0.3 is 34.4 Å². The average Bonchev–Trinajstić information content (AvgIpc) is 3.60. The van der Waals surface area contributed by atoms with E-state index in [0.29, 0.717) is 0 Å². The van der Waals surface area contributed by atoms with Gasteiger partial charge in [-0.3, -0.25) is 4.79 Å². The minimum Gasteiger partial charge on any atom is -0.394 e. The van der Waals surface area contributed by atoms with Crippen molar-refractivity contribution in [3.63, 3.8) is 0 Å². The quantitative estimate of drug-likeness (QED) is 0.334. The van der Waals surface area contributed by atoms with E-state index in [1.165, 1.54) is 36.4 Å². The molecule has 0 bridgehead atoms. The highest BCUT2D eigenvalue weighted by Crippen LogP contribution is 2.36. The van der Waals surface area contributed by atoms with Crippen LogP contribution in [0.15, 0.2) is 36.5 Å². The fraction of sp³-hybridized carbons (Fsp3) is 0.423. The second-order valence-corrected chi connectivity index (χ2v) is 10.7. The van der Waals surface area contributed by atoms with E-state index >= 15 is 0 Å². The number of rotatable bonds is 7. The molecule has 2 aliphatic rings. The van der Waals surface area contributed by atoms with Crippen molar-refractivity contribution in [2.75, 3.05) is 31.8 Å². The summed E-state index contributed by atoms with van der Waals surface area (Å²) in [5.74, 6) is -5.27. The lowest BCUT2D eigenvalue weighted by atomic mass is 9.91. The summed E-state index contributed by atoms with van der Waals surface area (Å²) < 4.78 is 59.2. The number of carbonyl (C=O) groups excluding carboxylic acids is 1. The van der Waals surface area contributed by atoms with Crippen LogP contribution in [0.2, 0.25) is 10.0 Å². The Morgan fingerprint density at radius 2 is 1.79 bits per heavy atom. The van der Waals surface area contributed by atoms with Crippen LogP contribution in [0.5, 0.6) is 0 Å². The Bertz CT molecular complexity index is 1420. The van der Waals surface area contributed by atoms with Crippen LogP contribution in [-0.2, 0) is 19.0 Å². The summed E-state index contributed by atoms with van der Waals surface area (Å²) in [6, 6.07) is 3.73. The molecule has 16 heteroatoms. The van der Waals surface area contributed by atoms with E-state index < -0.39 is 72.6 Å². The Labute approximate surface area is 246 Å². The van der Waals surface area contributed by atoms with E-state index in [0.717, 1.165) is 16.8 Å². The third kappa shape index (κ3) is 5.73. The molecule has 0 radical (unpaired) electrons. The number of amides is 1. The van der Waals surface area contributed by atoms with Crippen LogP contribution in [0, 0.1) is 17.5 Å². The topological polar surface area (TPSA) is 139 Å². The van der Waals surface area contributed by atoms with E-state index in [9.17, 15) is 33.3 Å². The highest BCUT2D eigenvalue weighted by molar-refractivity contribution is 6.35. The van der Waals surface area contributed by atoms with Crippen molar-refractivity contribution in [1.82, 2.24) is 15.0 Å². The predicted octanol–water partition coefficient (Wildman–Crippen LogP) is 2.14. The van der Waals surface area contributed by atoms with Crippen molar-refractivity contribution < 1.29 is 47.5 Å². The Kier molecular flexibility index (Phi) is 9.06. The second kappa shape index (κ2) is 12.4. The van der Waals surface area contributed by atoms with Gasteiger partial charge in [0.1, 0.15) is 36.2 Å². The number of methoxy groups -OCH3 is 1. The van der Waals surface area contributed by atoms with Gasteiger partial charge >= 0.3 is 0 Å². The number of hydrogen-bond donors (Lipinski definition) is 3. The third-order valence-corrected chi connectivity index (χ3v) is 7.63. The van der Waals surface area contributed by atoms with Gasteiger partial charge in [0.25, 0.3) is 5.91 Å². The summed E-state index contributed by atoms with van der Waals surface area (Å²) in [5.41, 5.74) is 0.00190. The molecule has 3 N–H and O–H groups in total. The molecule has 0 aliphatic carbocycles. The number of hydrogen-bond acceptors (Lipinski definition) is 9. The van der Waals surface area contributed by atoms with Gasteiger partial charge in [0.2, 0.25) is 0 Å². The smallest absolute Gasteiger partial charge is 0.259 e. The van der Waals surface area contributed by atoms with Crippen molar-refractivity contribution in [2.45, 2.75) is 42.6 Å². The first-order chi connectivity index (χ1) is 20.0. The van der Waals surface area contributed by atoms with E-state index in [1.54, 1.807) is 0 Å². The van der Waals surface area contributed by atoms with E-state index in [2.05, 4.69) is 10.3 Å². The number of anilines is 1. The molecule has 226 valence electrons. The van der Waals surface area contributed by atoms with Crippen LogP contribution in [-0.4, -0.2) is 99.7 Å². The number of ether oxygens (including phenoxy) is 3. The molecule has 2 aliphatic heterocycles. The number of carbonyl (C=O) groups is 1. The maximum absolute atomic E-state index is 14.2. The average molecular weight is 633 g/mol. The maximum Gasteiger partial charge on any atom is 0.259 e. The molecule has 0 spiro atoms. The van der Waals surface area contributed by atoms with Gasteiger partial charge in [0.15, 0.2) is 23.6 Å². The van der Waals surface area contributed by atoms with Crippen LogP contribution in [0.1, 0.15) is 6.04 Å². The zero-order valence-electron chi connectivity index (χ0n) is 21.8. The molecule has 11 nitrogen and oxygen atoms in total. The first kappa shape index (κ1) is 30.6. The number of nitrogens with zero attached hydrogens (tertiary/aromatic N) is 4. The Morgan fingerprint density at radius 3 is 2.36 bits per heavy atom. The summed E-state index contributed by atoms with van der Waals surface area (Å²) in [6.07, 6.45) is -5.47. The summed E-state index contributed by atoms with van der Waals surface area (Å²) in [4.78, 5) is 15.5. The molecule has 2 fully saturated rings. The molecular weight excluding hydrogens is 608 g/mol. The van der Waals surface area contributed by atoms with E-state index in [1.807, 2.05) is 0 Å². The lowest BCUT2D eigenvalue weighted by Crippen LogP contribution is -2.63. The highest BCUT2D eigenvalue weighted by Gasteiger charge is 2.52. The fourth-order valence-electron chi connectivity index (χ4n) is 5.19. The predicted molar refractivity (Wildman–Crippen MR) is 141 cm³/mol. The molecule has 5 rings (SSSR count). The zero-order chi connectivity index (χ0) is 30.3. The van der Waals surface area contributed by atoms with Crippen LogP contribution in [0.25, 0.3) is 11.3 Å². The third-order valence-electron chi connectivity index (χ3n) is 7.19. The minimum atomic E-state index is -1.65. The summed E-state index contributed by atoms with van der Waals surface area (Å²) >= 11 is 12.4. The van der Waals surface area contributed by atoms with Crippen molar-refractivity contribution in [1.29, 1.82) is 0 Å². The molecule has 3 heterocycles. The monoisotopic (exact) mass is 632 g/mol.